The Morgan fingerprint density at radius 1 is 1.25 bits per heavy atom. The summed E-state index contributed by atoms with van der Waals surface area (Å²) in [5, 5.41) is 16.4. The summed E-state index contributed by atoms with van der Waals surface area (Å²) in [5.41, 5.74) is 4.17. The first-order valence-corrected chi connectivity index (χ1v) is 13.8. The topological polar surface area (TPSA) is 94.1 Å². The van der Waals surface area contributed by atoms with E-state index in [2.05, 4.69) is 29.0 Å². The van der Waals surface area contributed by atoms with Crippen LogP contribution in [-0.2, 0) is 16.1 Å². The highest BCUT2D eigenvalue weighted by Crippen LogP contribution is 2.40. The molecule has 2 aromatic carbocycles. The monoisotopic (exact) mass is 510 g/mol. The molecule has 2 saturated heterocycles. The Labute approximate surface area is 216 Å². The summed E-state index contributed by atoms with van der Waals surface area (Å²) in [5.74, 6) is -0.0305. The molecule has 192 valence electrons. The number of hydrogen-bond acceptors (Lipinski definition) is 6. The first-order valence-electron chi connectivity index (χ1n) is 12.5. The summed E-state index contributed by atoms with van der Waals surface area (Å²) in [7, 11) is 1.66. The molecule has 2 fully saturated rings. The molecule has 36 heavy (non-hydrogen) atoms. The molecule has 0 radical (unpaired) electrons. The van der Waals surface area contributed by atoms with E-state index in [0.717, 1.165) is 36.1 Å². The Morgan fingerprint density at radius 3 is 2.92 bits per heavy atom. The molecule has 9 heteroatoms. The van der Waals surface area contributed by atoms with E-state index < -0.39 is 6.10 Å². The van der Waals surface area contributed by atoms with Crippen molar-refractivity contribution in [2.45, 2.75) is 55.0 Å². The van der Waals surface area contributed by atoms with Gasteiger partial charge in [0, 0.05) is 42.7 Å². The van der Waals surface area contributed by atoms with Crippen LogP contribution >= 0.6 is 11.8 Å². The number of hydrogen-bond donors (Lipinski definition) is 3. The molecular formula is C27H34N4O4S. The molecule has 0 unspecified atom stereocenters. The zero-order valence-corrected chi connectivity index (χ0v) is 21.6. The number of rotatable bonds is 6. The van der Waals surface area contributed by atoms with Crippen LogP contribution in [0.1, 0.15) is 48.1 Å². The van der Waals surface area contributed by atoms with Crippen molar-refractivity contribution in [3.63, 3.8) is 0 Å². The van der Waals surface area contributed by atoms with Gasteiger partial charge in [0.05, 0.1) is 30.9 Å². The van der Waals surface area contributed by atoms with Gasteiger partial charge < -0.3 is 30.3 Å². The fraction of sp³-hybridized carbons (Fsp3) is 0.481. The summed E-state index contributed by atoms with van der Waals surface area (Å²) in [6.45, 7) is 1.43. The largest absolute Gasteiger partial charge is 0.389 e. The van der Waals surface area contributed by atoms with Crippen LogP contribution in [0.25, 0.3) is 0 Å². The minimum absolute atomic E-state index is 0.0115. The third-order valence-corrected chi connectivity index (χ3v) is 8.25. The number of amides is 3. The Bertz CT molecular complexity index is 1130. The van der Waals surface area contributed by atoms with Crippen LogP contribution in [0, 0.1) is 0 Å². The number of nitrogens with one attached hydrogen (secondary N) is 2. The lowest BCUT2D eigenvalue weighted by Gasteiger charge is -2.40. The third-order valence-electron chi connectivity index (χ3n) is 7.44. The van der Waals surface area contributed by atoms with E-state index >= 15 is 0 Å². The molecule has 0 spiro atoms. The SMILES string of the molecule is CSc1ccccc1[C@H]1CCCN1C(=O)CN(C)C(=O)NCc1ccc2c(c1)[C@H]1C[C@H](N2)[C@H](O)CO1. The van der Waals surface area contributed by atoms with Gasteiger partial charge in [0.1, 0.15) is 6.54 Å². The minimum atomic E-state index is -0.497. The van der Waals surface area contributed by atoms with Crippen LogP contribution in [0.15, 0.2) is 47.4 Å². The highest BCUT2D eigenvalue weighted by molar-refractivity contribution is 7.98. The maximum Gasteiger partial charge on any atom is 0.317 e. The van der Waals surface area contributed by atoms with Crippen molar-refractivity contribution in [3.05, 3.63) is 59.2 Å². The second kappa shape index (κ2) is 10.7. The fourth-order valence-electron chi connectivity index (χ4n) is 5.49. The lowest BCUT2D eigenvalue weighted by Crippen LogP contribution is -2.46. The molecule has 4 atom stereocenters. The summed E-state index contributed by atoms with van der Waals surface area (Å²) in [6, 6.07) is 14.0. The number of aliphatic hydroxyl groups excluding tert-OH is 1. The molecule has 3 heterocycles. The highest BCUT2D eigenvalue weighted by atomic mass is 32.2. The van der Waals surface area contributed by atoms with Gasteiger partial charge in [-0.25, -0.2) is 4.79 Å². The van der Waals surface area contributed by atoms with Crippen LogP contribution < -0.4 is 10.6 Å². The predicted octanol–water partition coefficient (Wildman–Crippen LogP) is 3.53. The number of nitrogens with zero attached hydrogens (tertiary/aromatic N) is 2. The molecule has 5 rings (SSSR count). The zero-order chi connectivity index (χ0) is 25.2. The fourth-order valence-corrected chi connectivity index (χ4v) is 6.14. The van der Waals surface area contributed by atoms with Crippen molar-refractivity contribution in [2.75, 3.05) is 38.3 Å². The van der Waals surface area contributed by atoms with Crippen molar-refractivity contribution in [3.8, 4) is 0 Å². The van der Waals surface area contributed by atoms with E-state index in [1.54, 1.807) is 18.8 Å². The smallest absolute Gasteiger partial charge is 0.317 e. The molecule has 3 aliphatic rings. The average Bonchev–Trinajstić information content (AvgIpc) is 3.39. The maximum atomic E-state index is 13.2. The Kier molecular flexibility index (Phi) is 7.41. The number of anilines is 1. The Hall–Kier alpha value is -2.75. The van der Waals surface area contributed by atoms with Gasteiger partial charge in [-0.1, -0.05) is 24.3 Å². The second-order valence-electron chi connectivity index (χ2n) is 9.80. The number of ether oxygens (including phenoxy) is 1. The van der Waals surface area contributed by atoms with Gasteiger partial charge in [-0.3, -0.25) is 4.79 Å². The van der Waals surface area contributed by atoms with Crippen LogP contribution in [0.4, 0.5) is 10.5 Å². The van der Waals surface area contributed by atoms with Gasteiger partial charge in [-0.05, 0) is 48.4 Å². The van der Waals surface area contributed by atoms with Crippen LogP contribution in [0.3, 0.4) is 0 Å². The van der Waals surface area contributed by atoms with E-state index in [1.807, 2.05) is 35.2 Å². The molecule has 3 aliphatic heterocycles. The molecular weight excluding hydrogens is 476 g/mol. The van der Waals surface area contributed by atoms with Gasteiger partial charge in [-0.2, -0.15) is 0 Å². The number of fused-ring (bicyclic) bond motifs is 4. The van der Waals surface area contributed by atoms with Gasteiger partial charge in [0.25, 0.3) is 0 Å². The van der Waals surface area contributed by atoms with E-state index in [1.165, 1.54) is 15.4 Å². The van der Waals surface area contributed by atoms with Crippen molar-refractivity contribution in [1.29, 1.82) is 0 Å². The number of carbonyl (C=O) groups excluding carboxylic acids is 2. The summed E-state index contributed by atoms with van der Waals surface area (Å²) < 4.78 is 5.82. The molecule has 0 aromatic heterocycles. The van der Waals surface area contributed by atoms with E-state index in [4.69, 9.17) is 4.74 Å². The molecule has 2 bridgehead atoms. The van der Waals surface area contributed by atoms with E-state index in [-0.39, 0.29) is 36.7 Å². The quantitative estimate of drug-likeness (QED) is 0.515. The van der Waals surface area contributed by atoms with Crippen molar-refractivity contribution < 1.29 is 19.4 Å². The summed E-state index contributed by atoms with van der Waals surface area (Å²) in [6.07, 6.45) is 4.15. The summed E-state index contributed by atoms with van der Waals surface area (Å²) >= 11 is 1.70. The third kappa shape index (κ3) is 5.05. The first kappa shape index (κ1) is 24.9. The minimum Gasteiger partial charge on any atom is -0.389 e. The van der Waals surface area contributed by atoms with Gasteiger partial charge in [0.2, 0.25) is 5.91 Å². The molecule has 3 amide bonds. The number of likely N-dealkylation sites (N-methyl/N-ethyl adjacent to an activating group) is 1. The molecule has 2 aromatic rings. The molecule has 0 saturated carbocycles. The lowest BCUT2D eigenvalue weighted by molar-refractivity contribution is -0.132. The van der Waals surface area contributed by atoms with Gasteiger partial charge >= 0.3 is 6.03 Å². The number of benzene rings is 2. The predicted molar refractivity (Wildman–Crippen MR) is 140 cm³/mol. The zero-order valence-electron chi connectivity index (χ0n) is 20.8. The number of carbonyl (C=O) groups is 2. The molecule has 8 nitrogen and oxygen atoms in total. The lowest BCUT2D eigenvalue weighted by atomic mass is 9.89. The first-order chi connectivity index (χ1) is 17.4. The Morgan fingerprint density at radius 2 is 2.08 bits per heavy atom. The normalized spacial score (nSPS) is 24.6. The van der Waals surface area contributed by atoms with Crippen molar-refractivity contribution in [1.82, 2.24) is 15.1 Å². The highest BCUT2D eigenvalue weighted by Gasteiger charge is 2.36. The van der Waals surface area contributed by atoms with Crippen molar-refractivity contribution >= 4 is 29.4 Å². The van der Waals surface area contributed by atoms with E-state index in [0.29, 0.717) is 19.7 Å². The van der Waals surface area contributed by atoms with Crippen LogP contribution in [0.5, 0.6) is 0 Å². The molecule has 0 aliphatic carbocycles. The standard InChI is InChI=1S/C27H34N4O4S/c1-30(15-26(33)31-11-5-7-22(31)18-6-3-4-8-25(18)36-2)27(34)28-14-17-9-10-20-19(12-17)24-13-21(29-20)23(32)16-35-24/h3-4,6,8-10,12,21-24,29,32H,5,7,11,13-16H2,1-2H3,(H,28,34)/t21-,22+,23+,24+/m0/s1. The second-order valence-corrected chi connectivity index (χ2v) is 10.6. The van der Waals surface area contributed by atoms with Crippen LogP contribution in [0.2, 0.25) is 0 Å². The average molecular weight is 511 g/mol. The van der Waals surface area contributed by atoms with Crippen molar-refractivity contribution in [2.24, 2.45) is 0 Å². The number of likely N-dealkylation sites (tertiary alicyclic amines) is 1. The number of urea groups is 1. The van der Waals surface area contributed by atoms with Crippen LogP contribution in [-0.4, -0.2) is 72.0 Å². The van der Waals surface area contributed by atoms with Gasteiger partial charge in [0.15, 0.2) is 0 Å². The Balaban J connectivity index is 1.17. The number of thioether (sulfide) groups is 1. The maximum absolute atomic E-state index is 13.2. The number of aliphatic hydroxyl groups is 1. The van der Waals surface area contributed by atoms with E-state index in [9.17, 15) is 14.7 Å². The van der Waals surface area contributed by atoms with Gasteiger partial charge in [-0.15, -0.1) is 11.8 Å². The molecule has 3 N–H and O–H groups in total. The summed E-state index contributed by atoms with van der Waals surface area (Å²) in [4.78, 5) is 30.5.